The predicted octanol–water partition coefficient (Wildman–Crippen LogP) is 23.7. The number of carbonyl (C=O) groups is 6. The zero-order valence-electron chi connectivity index (χ0n) is 73.7. The summed E-state index contributed by atoms with van der Waals surface area (Å²) in [4.78, 5) is 83.0. The molecule has 664 valence electrons. The van der Waals surface area contributed by atoms with E-state index in [2.05, 4.69) is 100.0 Å². The van der Waals surface area contributed by atoms with Crippen LogP contribution in [0.5, 0.6) is 0 Å². The van der Waals surface area contributed by atoms with E-state index >= 15 is 0 Å². The lowest BCUT2D eigenvalue weighted by atomic mass is 10.1. The Morgan fingerprint density at radius 1 is 0.254 bits per heavy atom. The van der Waals surface area contributed by atoms with Crippen molar-refractivity contribution in [1.82, 2.24) is 9.80 Å². The molecule has 0 aliphatic carbocycles. The second kappa shape index (κ2) is 84.6. The Hall–Kier alpha value is -4.86. The molecule has 0 saturated carbocycles. The number of hydrogen-bond donors (Lipinski definition) is 0. The molecule has 1 aliphatic heterocycles. The van der Waals surface area contributed by atoms with Crippen LogP contribution in [-0.4, -0.2) is 177 Å². The molecule has 2 atom stereocenters. The Kier molecular flexibility index (Phi) is 79.5. The van der Waals surface area contributed by atoms with Crippen molar-refractivity contribution in [2.45, 2.75) is 388 Å². The van der Waals surface area contributed by atoms with Gasteiger partial charge in [0.05, 0.1) is 24.7 Å². The first-order chi connectivity index (χ1) is 56.0. The molecule has 0 N–H and O–H groups in total. The number of piperazine rings is 1. The molecule has 0 radical (unpaired) electrons. The van der Waals surface area contributed by atoms with Gasteiger partial charge in [0.2, 0.25) is 0 Å². The molecule has 1 aliphatic rings. The third-order valence-corrected chi connectivity index (χ3v) is 20.6. The maximum absolute atomic E-state index is 13.3. The Balaban J connectivity index is 2.82. The van der Waals surface area contributed by atoms with Crippen LogP contribution in [0.1, 0.15) is 375 Å². The van der Waals surface area contributed by atoms with Crippen molar-refractivity contribution in [2.75, 3.05) is 119 Å². The highest BCUT2D eigenvalue weighted by Gasteiger charge is 2.24. The summed E-state index contributed by atoms with van der Waals surface area (Å²) in [5.74, 6) is -2.82. The van der Waals surface area contributed by atoms with Gasteiger partial charge in [-0.05, 0) is 103 Å². The van der Waals surface area contributed by atoms with E-state index in [-0.39, 0.29) is 90.5 Å². The monoisotopic (exact) mass is 1620 g/mol. The van der Waals surface area contributed by atoms with Gasteiger partial charge in [0, 0.05) is 91.4 Å². The third-order valence-electron chi connectivity index (χ3n) is 20.6. The Bertz CT molecular complexity index is 2120. The Morgan fingerprint density at radius 3 is 0.789 bits per heavy atom. The molecule has 0 aromatic heterocycles. The van der Waals surface area contributed by atoms with Crippen molar-refractivity contribution in [3.8, 4) is 0 Å². The maximum Gasteiger partial charge on any atom is 0.508 e. The number of esters is 4. The third kappa shape index (κ3) is 74.7. The van der Waals surface area contributed by atoms with Crippen LogP contribution in [0.2, 0.25) is 0 Å². The van der Waals surface area contributed by atoms with Gasteiger partial charge >= 0.3 is 36.2 Å². The van der Waals surface area contributed by atoms with Crippen LogP contribution >= 0.6 is 0 Å². The number of rotatable bonds is 84. The minimum absolute atomic E-state index is 0.0771. The molecule has 20 nitrogen and oxygen atoms in total. The van der Waals surface area contributed by atoms with E-state index in [1.165, 1.54) is 141 Å². The van der Waals surface area contributed by atoms with Crippen LogP contribution in [0.25, 0.3) is 0 Å². The van der Waals surface area contributed by atoms with Crippen molar-refractivity contribution >= 4 is 36.2 Å². The molecule has 114 heavy (non-hydrogen) atoms. The molecule has 0 aromatic carbocycles. The average molecular weight is 1620 g/mol. The average Bonchev–Trinajstić information content (AvgIpc) is 0.955. The lowest BCUT2D eigenvalue weighted by Gasteiger charge is -2.34. The SMILES string of the molecule is CCCCC/C=C\C/C=C\CCCCCCCC(=O)OCC(COC(=O)CCC(OCCCCCCCC)OCCCCCCCC)COC(=O)OCCN1CCN(CCOC(=O)OCC(COC(=O)CCCCCCC/C=C\C/C=C\CCCCC)COC(=O)CCC(OCCCCCCCC)OCCCCCCCC)CC1. The lowest BCUT2D eigenvalue weighted by molar-refractivity contribution is -0.161. The highest BCUT2D eigenvalue weighted by molar-refractivity contribution is 5.70. The molecule has 1 saturated heterocycles. The van der Waals surface area contributed by atoms with E-state index in [0.717, 1.165) is 141 Å². The standard InChI is InChI=1S/C94H170N2O18/c1-7-13-19-25-31-33-35-37-39-41-43-45-47-49-55-61-87(97)109-79-85(81-111-89(99)63-65-91(103-73-57-51-27-21-15-9-3)104-74-58-52-28-22-16-10-4)83-113-93(101)107-77-71-95-67-69-96(70-68-95)72-78-108-94(102)114-84-86(80-110-88(98)62-56-50-48-46-44-42-40-38-36-34-32-26-20-14-8-2)82-112-90(100)64-66-92(105-75-59-53-29-23-17-11-5)106-76-60-54-30-24-18-12-6/h31-34,37-40,85-86,91-92H,7-30,35-36,41-84H2,1-6H3/b33-31-,34-32-,39-37-,40-38-. The summed E-state index contributed by atoms with van der Waals surface area (Å²) >= 11 is 0. The smallest absolute Gasteiger partial charge is 0.465 e. The first kappa shape index (κ1) is 107. The largest absolute Gasteiger partial charge is 0.508 e. The van der Waals surface area contributed by atoms with Crippen molar-refractivity contribution < 1.29 is 85.6 Å². The zero-order valence-corrected chi connectivity index (χ0v) is 73.7. The summed E-state index contributed by atoms with van der Waals surface area (Å²) in [5.41, 5.74) is 0. The van der Waals surface area contributed by atoms with Crippen molar-refractivity contribution in [1.29, 1.82) is 0 Å². The summed E-state index contributed by atoms with van der Waals surface area (Å²) in [5, 5.41) is 0. The second-order valence-electron chi connectivity index (χ2n) is 31.4. The molecule has 2 unspecified atom stereocenters. The normalized spacial score (nSPS) is 13.5. The van der Waals surface area contributed by atoms with Crippen LogP contribution < -0.4 is 0 Å². The molecule has 0 amide bonds. The lowest BCUT2D eigenvalue weighted by Crippen LogP contribution is -2.48. The number of hydrogen-bond acceptors (Lipinski definition) is 20. The van der Waals surface area contributed by atoms with Crippen molar-refractivity contribution in [3.63, 3.8) is 0 Å². The quantitative estimate of drug-likeness (QED) is 0.0182. The first-order valence-corrected chi connectivity index (χ1v) is 46.7. The fourth-order valence-corrected chi connectivity index (χ4v) is 13.1. The van der Waals surface area contributed by atoms with Gasteiger partial charge < -0.3 is 56.8 Å². The zero-order chi connectivity index (χ0) is 82.6. The number of allylic oxidation sites excluding steroid dienone is 8. The van der Waals surface area contributed by atoms with Gasteiger partial charge in [-0.1, -0.05) is 283 Å². The summed E-state index contributed by atoms with van der Waals surface area (Å²) in [6, 6.07) is 0. The van der Waals surface area contributed by atoms with Gasteiger partial charge in [0.1, 0.15) is 52.9 Å². The fraction of sp³-hybridized carbons (Fsp3) is 0.851. The van der Waals surface area contributed by atoms with Crippen molar-refractivity contribution in [2.24, 2.45) is 11.8 Å². The van der Waals surface area contributed by atoms with E-state index in [0.29, 0.717) is 91.4 Å². The predicted molar refractivity (Wildman–Crippen MR) is 460 cm³/mol. The molecule has 20 heteroatoms. The molecule has 1 heterocycles. The van der Waals surface area contributed by atoms with Gasteiger partial charge in [0.25, 0.3) is 0 Å². The summed E-state index contributed by atoms with van der Waals surface area (Å²) < 4.78 is 69.7. The highest BCUT2D eigenvalue weighted by atomic mass is 16.7. The topological polar surface area (TPSA) is 220 Å². The van der Waals surface area contributed by atoms with E-state index in [9.17, 15) is 28.8 Å². The molecule has 0 bridgehead atoms. The minimum atomic E-state index is -0.873. The van der Waals surface area contributed by atoms with E-state index in [1.54, 1.807) is 0 Å². The molecular weight excluding hydrogens is 1450 g/mol. The molecular formula is C94H170N2O18. The van der Waals surface area contributed by atoms with E-state index in [4.69, 9.17) is 56.8 Å². The fourth-order valence-electron chi connectivity index (χ4n) is 13.1. The summed E-state index contributed by atoms with van der Waals surface area (Å²) in [7, 11) is 0. The number of carbonyl (C=O) groups excluding carboxylic acids is 6. The summed E-state index contributed by atoms with van der Waals surface area (Å²) in [6.45, 7) is 18.6. The highest BCUT2D eigenvalue weighted by Crippen LogP contribution is 2.19. The maximum atomic E-state index is 13.3. The van der Waals surface area contributed by atoms with Gasteiger partial charge in [-0.3, -0.25) is 29.0 Å². The minimum Gasteiger partial charge on any atom is -0.465 e. The number of nitrogens with zero attached hydrogens (tertiary/aromatic N) is 2. The van der Waals surface area contributed by atoms with Crippen molar-refractivity contribution in [3.05, 3.63) is 48.6 Å². The van der Waals surface area contributed by atoms with Gasteiger partial charge in [-0.2, -0.15) is 0 Å². The van der Waals surface area contributed by atoms with Gasteiger partial charge in [-0.25, -0.2) is 9.59 Å². The van der Waals surface area contributed by atoms with Gasteiger partial charge in [-0.15, -0.1) is 0 Å². The summed E-state index contributed by atoms with van der Waals surface area (Å²) in [6.07, 6.45) is 67.8. The van der Waals surface area contributed by atoms with Crippen LogP contribution in [0.4, 0.5) is 9.59 Å². The van der Waals surface area contributed by atoms with E-state index in [1.807, 2.05) is 0 Å². The molecule has 0 spiro atoms. The molecule has 1 fully saturated rings. The number of unbranched alkanes of at least 4 members (excludes halogenated alkanes) is 36. The Labute approximate surface area is 695 Å². The van der Waals surface area contributed by atoms with Crippen LogP contribution in [0, 0.1) is 11.8 Å². The van der Waals surface area contributed by atoms with Gasteiger partial charge in [0.15, 0.2) is 12.6 Å². The first-order valence-electron chi connectivity index (χ1n) is 46.7. The van der Waals surface area contributed by atoms with E-state index < -0.39 is 48.7 Å². The number of ether oxygens (including phenoxy) is 12. The molecule has 1 rings (SSSR count). The second-order valence-corrected chi connectivity index (χ2v) is 31.4. The van der Waals surface area contributed by atoms with Crippen LogP contribution in [0.3, 0.4) is 0 Å². The Morgan fingerprint density at radius 2 is 0.491 bits per heavy atom. The molecule has 0 aromatic rings. The van der Waals surface area contributed by atoms with Crippen LogP contribution in [-0.2, 0) is 76.0 Å². The van der Waals surface area contributed by atoms with Crippen LogP contribution in [0.15, 0.2) is 48.6 Å².